The summed E-state index contributed by atoms with van der Waals surface area (Å²) in [7, 11) is -3.07. The Labute approximate surface area is 99.5 Å². The minimum Gasteiger partial charge on any atom is -0.213 e. The van der Waals surface area contributed by atoms with Gasteiger partial charge < -0.3 is 0 Å². The molecule has 0 aromatic carbocycles. The Morgan fingerprint density at radius 1 is 1.44 bits per heavy atom. The van der Waals surface area contributed by atoms with E-state index in [1.165, 1.54) is 10.6 Å². The fraction of sp³-hybridized carbons (Fsp3) is 0.778. The van der Waals surface area contributed by atoms with E-state index in [0.717, 1.165) is 22.9 Å². The van der Waals surface area contributed by atoms with Gasteiger partial charge in [-0.05, 0) is 19.8 Å². The van der Waals surface area contributed by atoms with Crippen molar-refractivity contribution < 1.29 is 8.42 Å². The Morgan fingerprint density at radius 3 is 2.75 bits per heavy atom. The summed E-state index contributed by atoms with van der Waals surface area (Å²) in [5.74, 6) is 0.217. The molecule has 2 heterocycles. The van der Waals surface area contributed by atoms with Gasteiger partial charge in [-0.2, -0.15) is 0 Å². The molecule has 1 atom stereocenters. The molecule has 0 aliphatic carbocycles. The van der Waals surface area contributed by atoms with Crippen molar-refractivity contribution in [3.05, 3.63) is 10.0 Å². The fourth-order valence-corrected chi connectivity index (χ4v) is 3.66. The van der Waals surface area contributed by atoms with Crippen molar-refractivity contribution in [3.8, 4) is 0 Å². The second-order valence-electron chi connectivity index (χ2n) is 4.12. The van der Waals surface area contributed by atoms with Crippen molar-refractivity contribution in [3.63, 3.8) is 0 Å². The Bertz CT molecular complexity index is 469. The van der Waals surface area contributed by atoms with Crippen molar-refractivity contribution in [1.29, 1.82) is 0 Å². The number of hydrogen-bond acceptors (Lipinski definition) is 5. The second kappa shape index (κ2) is 4.38. The Hall–Kier alpha value is -0.530. The van der Waals surface area contributed by atoms with Crippen molar-refractivity contribution in [1.82, 2.24) is 14.5 Å². The minimum absolute atomic E-state index is 0.217. The van der Waals surface area contributed by atoms with Crippen LogP contribution >= 0.6 is 11.3 Å². The van der Waals surface area contributed by atoms with Gasteiger partial charge in [0.2, 0.25) is 10.0 Å². The Morgan fingerprint density at radius 2 is 2.19 bits per heavy atom. The first-order valence-corrected chi connectivity index (χ1v) is 7.88. The van der Waals surface area contributed by atoms with Crippen LogP contribution in [0.3, 0.4) is 0 Å². The standard InChI is InChI=1S/C9H15N3O2S2/c1-7-10-11-9(15-7)8-4-3-5-12(6-8)16(2,13)14/h8H,3-6H2,1-2H3. The maximum atomic E-state index is 11.5. The number of sulfonamides is 1. The quantitative estimate of drug-likeness (QED) is 0.796. The number of aromatic nitrogens is 2. The third-order valence-corrected chi connectivity index (χ3v) is 5.01. The molecule has 90 valence electrons. The predicted molar refractivity (Wildman–Crippen MR) is 63.0 cm³/mol. The van der Waals surface area contributed by atoms with Crippen LogP contribution in [0.4, 0.5) is 0 Å². The zero-order valence-corrected chi connectivity index (χ0v) is 11.0. The molecule has 0 amide bonds. The van der Waals surface area contributed by atoms with Crippen molar-refractivity contribution >= 4 is 21.4 Å². The second-order valence-corrected chi connectivity index (χ2v) is 7.32. The van der Waals surface area contributed by atoms with Crippen LogP contribution in [0.25, 0.3) is 0 Å². The lowest BCUT2D eigenvalue weighted by atomic mass is 10.0. The molecule has 1 unspecified atom stereocenters. The van der Waals surface area contributed by atoms with E-state index in [1.807, 2.05) is 6.92 Å². The Balaban J connectivity index is 2.13. The van der Waals surface area contributed by atoms with Gasteiger partial charge in [0.05, 0.1) is 6.26 Å². The lowest BCUT2D eigenvalue weighted by molar-refractivity contribution is 0.316. The van der Waals surface area contributed by atoms with E-state index in [9.17, 15) is 8.42 Å². The average molecular weight is 261 g/mol. The molecular formula is C9H15N3O2S2. The molecule has 0 radical (unpaired) electrons. The summed E-state index contributed by atoms with van der Waals surface area (Å²) in [6.45, 7) is 3.10. The van der Waals surface area contributed by atoms with Gasteiger partial charge in [-0.3, -0.25) is 0 Å². The van der Waals surface area contributed by atoms with Crippen LogP contribution in [0.5, 0.6) is 0 Å². The smallest absolute Gasteiger partial charge is 0.211 e. The average Bonchev–Trinajstić information content (AvgIpc) is 2.64. The van der Waals surface area contributed by atoms with Crippen LogP contribution in [0.1, 0.15) is 28.8 Å². The maximum Gasteiger partial charge on any atom is 0.211 e. The number of hydrogen-bond donors (Lipinski definition) is 0. The highest BCUT2D eigenvalue weighted by Gasteiger charge is 2.28. The molecule has 1 aliphatic rings. The van der Waals surface area contributed by atoms with E-state index in [-0.39, 0.29) is 5.92 Å². The molecule has 5 nitrogen and oxygen atoms in total. The maximum absolute atomic E-state index is 11.5. The summed E-state index contributed by atoms with van der Waals surface area (Å²) >= 11 is 1.56. The first kappa shape index (κ1) is 11.9. The van der Waals surface area contributed by atoms with Crippen molar-refractivity contribution in [2.24, 2.45) is 0 Å². The highest BCUT2D eigenvalue weighted by Crippen LogP contribution is 2.29. The lowest BCUT2D eigenvalue weighted by Gasteiger charge is -2.29. The first-order valence-electron chi connectivity index (χ1n) is 5.22. The largest absolute Gasteiger partial charge is 0.213 e. The van der Waals surface area contributed by atoms with Crippen molar-refractivity contribution in [2.75, 3.05) is 19.3 Å². The molecule has 1 aromatic rings. The van der Waals surface area contributed by atoms with E-state index < -0.39 is 10.0 Å². The summed E-state index contributed by atoms with van der Waals surface area (Å²) in [6.07, 6.45) is 3.16. The number of aryl methyl sites for hydroxylation is 1. The molecule has 16 heavy (non-hydrogen) atoms. The van der Waals surface area contributed by atoms with Gasteiger partial charge in [0.1, 0.15) is 10.0 Å². The number of nitrogens with zero attached hydrogens (tertiary/aromatic N) is 3. The van der Waals surface area contributed by atoms with Crippen LogP contribution in [0.2, 0.25) is 0 Å². The number of rotatable bonds is 2. The Kier molecular flexibility index (Phi) is 3.27. The van der Waals surface area contributed by atoms with Gasteiger partial charge in [0, 0.05) is 19.0 Å². The molecule has 0 saturated carbocycles. The zero-order chi connectivity index (χ0) is 11.8. The van der Waals surface area contributed by atoms with Gasteiger partial charge >= 0.3 is 0 Å². The molecule has 0 bridgehead atoms. The van der Waals surface area contributed by atoms with Crippen LogP contribution in [-0.4, -0.2) is 42.3 Å². The molecule has 1 fully saturated rings. The van der Waals surface area contributed by atoms with Gasteiger partial charge in [0.15, 0.2) is 0 Å². The minimum atomic E-state index is -3.07. The molecular weight excluding hydrogens is 246 g/mol. The molecule has 2 rings (SSSR count). The third kappa shape index (κ3) is 2.58. The SMILES string of the molecule is Cc1nnc(C2CCCN(S(C)(=O)=O)C2)s1. The topological polar surface area (TPSA) is 63.2 Å². The van der Waals surface area contributed by atoms with E-state index in [0.29, 0.717) is 13.1 Å². The first-order chi connectivity index (χ1) is 7.47. The summed E-state index contributed by atoms with van der Waals surface area (Å²) in [6, 6.07) is 0. The van der Waals surface area contributed by atoms with Crippen LogP contribution in [0, 0.1) is 6.92 Å². The summed E-state index contributed by atoms with van der Waals surface area (Å²) in [4.78, 5) is 0. The van der Waals surface area contributed by atoms with Gasteiger partial charge in [0.25, 0.3) is 0 Å². The summed E-state index contributed by atoms with van der Waals surface area (Å²) in [5, 5.41) is 9.98. The molecule has 1 aromatic heterocycles. The van der Waals surface area contributed by atoms with Crippen LogP contribution < -0.4 is 0 Å². The van der Waals surface area contributed by atoms with E-state index in [2.05, 4.69) is 10.2 Å². The van der Waals surface area contributed by atoms with Crippen molar-refractivity contribution in [2.45, 2.75) is 25.7 Å². The molecule has 0 N–H and O–H groups in total. The van der Waals surface area contributed by atoms with Gasteiger partial charge in [-0.15, -0.1) is 21.5 Å². The highest BCUT2D eigenvalue weighted by atomic mass is 32.2. The van der Waals surface area contributed by atoms with Gasteiger partial charge in [-0.1, -0.05) is 0 Å². The van der Waals surface area contributed by atoms with E-state index in [1.54, 1.807) is 11.3 Å². The number of piperidine rings is 1. The molecule has 7 heteroatoms. The van der Waals surface area contributed by atoms with Crippen LogP contribution in [0.15, 0.2) is 0 Å². The van der Waals surface area contributed by atoms with E-state index in [4.69, 9.17) is 0 Å². The van der Waals surface area contributed by atoms with E-state index >= 15 is 0 Å². The summed E-state index contributed by atoms with van der Waals surface area (Å²) in [5.41, 5.74) is 0. The molecule has 0 spiro atoms. The predicted octanol–water partition coefficient (Wildman–Crippen LogP) is 0.986. The fourth-order valence-electron chi connectivity index (χ4n) is 1.92. The molecule has 1 aliphatic heterocycles. The lowest BCUT2D eigenvalue weighted by Crippen LogP contribution is -2.38. The van der Waals surface area contributed by atoms with Gasteiger partial charge in [-0.25, -0.2) is 12.7 Å². The van der Waals surface area contributed by atoms with Crippen LogP contribution in [-0.2, 0) is 10.0 Å². The monoisotopic (exact) mass is 261 g/mol. The zero-order valence-electron chi connectivity index (χ0n) is 9.38. The highest BCUT2D eigenvalue weighted by molar-refractivity contribution is 7.88. The summed E-state index contributed by atoms with van der Waals surface area (Å²) < 4.78 is 24.5. The third-order valence-electron chi connectivity index (χ3n) is 2.74. The molecule has 1 saturated heterocycles. The normalized spacial score (nSPS) is 23.5.